The van der Waals surface area contributed by atoms with E-state index in [0.29, 0.717) is 49.3 Å². The van der Waals surface area contributed by atoms with Gasteiger partial charge < -0.3 is 98.1 Å². The molecule has 5 saturated heterocycles. The number of nitrogens with zero attached hydrogens (tertiary/aromatic N) is 25. The number of hydrogen-bond acceptors (Lipinski definition) is 20. The van der Waals surface area contributed by atoms with Crippen molar-refractivity contribution in [3.63, 3.8) is 0 Å². The van der Waals surface area contributed by atoms with Crippen LogP contribution in [0, 0.1) is 97.0 Å². The lowest BCUT2D eigenvalue weighted by atomic mass is 9.92. The van der Waals surface area contributed by atoms with Gasteiger partial charge in [0, 0.05) is 170 Å². The summed E-state index contributed by atoms with van der Waals surface area (Å²) in [5.74, 6) is -13.4. The molecule has 0 unspecified atom stereocenters. The summed E-state index contributed by atoms with van der Waals surface area (Å²) < 4.78 is 313. The number of H-pyrrole nitrogens is 5. The average Bonchev–Trinajstić information content (AvgIpc) is 0.903. The first kappa shape index (κ1) is 50.0. The molecule has 5 aliphatic heterocycles. The van der Waals surface area contributed by atoms with Gasteiger partial charge in [0.15, 0.2) is 0 Å². The second kappa shape index (κ2) is 39.4. The molecule has 0 radical (unpaired) electrons. The Hall–Kier alpha value is -13.1. The molecule has 0 spiro atoms. The van der Waals surface area contributed by atoms with Crippen molar-refractivity contribution in [1.82, 2.24) is 99.3 Å². The molecule has 5 fully saturated rings. The minimum atomic E-state index is -3.18. The van der Waals surface area contributed by atoms with Crippen molar-refractivity contribution in [2.45, 2.75) is 131 Å². The molecule has 120 heavy (non-hydrogen) atoms. The standard InChI is InChI=1S/5C17H22N6O/c5*1-11-5-6-23(15(24)8-18-3)9-14(11)22(4)17-13-7-12(2)21-16(13)19-10-20-17/h5*7,10-11,14H,5-6,8-9H2,1-2,4H3,(H,19,20,21)/t5*11-,14+/m11111/s1/i1D3,4D3,7D,11D,14D;1D3,7D,11D,14D;1D3,4D3,7D,14D;1D3,4D3,7D,11D;1D3,4D3,7D. The van der Waals surface area contributed by atoms with Crippen molar-refractivity contribution >= 4 is 114 Å². The van der Waals surface area contributed by atoms with E-state index in [2.05, 4.69) is 99.0 Å². The fourth-order valence-electron chi connectivity index (χ4n) is 13.8. The molecular weight excluding hydrogens is 1520 g/mol. The summed E-state index contributed by atoms with van der Waals surface area (Å²) in [6.45, 7) is 11.9. The van der Waals surface area contributed by atoms with Crippen LogP contribution >= 0.6 is 0 Å². The van der Waals surface area contributed by atoms with Crippen molar-refractivity contribution < 1.29 is 76.1 Å². The largest absolute Gasteiger partial charge is 0.354 e. The Morgan fingerprint density at radius 2 is 0.633 bits per heavy atom. The van der Waals surface area contributed by atoms with E-state index in [-0.39, 0.29) is 169 Å². The van der Waals surface area contributed by atoms with Crippen LogP contribution in [0.4, 0.5) is 29.1 Å². The Bertz CT molecular complexity index is 7290. The number of carbonyl (C=O) groups excluding carboxylic acids is 5. The predicted octanol–water partition coefficient (Wildman–Crippen LogP) is 9.29. The molecule has 10 aromatic heterocycles. The van der Waals surface area contributed by atoms with Gasteiger partial charge >= 0.3 is 29.5 Å². The number of likely N-dealkylation sites (N-methyl/N-ethyl adjacent to an activating group) is 5. The van der Waals surface area contributed by atoms with Gasteiger partial charge in [0.1, 0.15) is 89.0 Å². The number of fused-ring (bicyclic) bond motifs is 5. The summed E-state index contributed by atoms with van der Waals surface area (Å²) in [6, 6.07) is -9.98. The Balaban J connectivity index is 0.000000186. The number of carbonyl (C=O) groups is 5. The summed E-state index contributed by atoms with van der Waals surface area (Å²) in [6.07, 6.45) is 4.34. The molecule has 35 nitrogen and oxygen atoms in total. The average molecular weight is 1670 g/mol. The Kier molecular flexibility index (Phi) is 16.4. The molecule has 0 aliphatic carbocycles. The first-order chi connectivity index (χ1) is 72.7. The molecule has 0 saturated carbocycles. The molecule has 5 N–H and O–H groups in total. The maximum absolute atomic E-state index is 12.4. The number of likely N-dealkylation sites (tertiary alicyclic amines) is 5. The number of aromatic amines is 5. The summed E-state index contributed by atoms with van der Waals surface area (Å²) in [4.78, 5) is 142. The highest BCUT2D eigenvalue weighted by Gasteiger charge is 2.39. The van der Waals surface area contributed by atoms with E-state index in [4.69, 9.17) is 82.2 Å². The van der Waals surface area contributed by atoms with Gasteiger partial charge in [-0.1, -0.05) is 34.3 Å². The van der Waals surface area contributed by atoms with Gasteiger partial charge in [-0.2, -0.15) is 0 Å². The summed E-state index contributed by atoms with van der Waals surface area (Å²) in [5, 5.41) is 0.558. The number of piperidine rings is 5. The molecule has 630 valence electrons. The molecule has 0 bridgehead atoms. The predicted molar refractivity (Wildman–Crippen MR) is 463 cm³/mol. The number of hydrogen-bond donors (Lipinski definition) is 5. The molecule has 10 aromatic rings. The van der Waals surface area contributed by atoms with Crippen molar-refractivity contribution in [3.05, 3.63) is 147 Å². The third-order valence-corrected chi connectivity index (χ3v) is 20.0. The topological polar surface area (TPSA) is 347 Å². The zero-order chi connectivity index (χ0) is 119. The molecule has 15 rings (SSSR count). The van der Waals surface area contributed by atoms with Gasteiger partial charge in [-0.15, -0.1) is 0 Å². The second-order valence-corrected chi connectivity index (χ2v) is 28.1. The number of aromatic nitrogens is 15. The number of nitrogens with one attached hydrogen (secondary N) is 5. The molecular formula is C85H110N30O5. The van der Waals surface area contributed by atoms with Gasteiger partial charge in [0.25, 0.3) is 32.7 Å². The van der Waals surface area contributed by atoms with Crippen LogP contribution in [0.1, 0.15) is 147 Å². The van der Waals surface area contributed by atoms with E-state index in [1.165, 1.54) is 33.0 Å². The zero-order valence-corrected chi connectivity index (χ0v) is 66.1. The quantitative estimate of drug-likeness (QED) is 0.0597. The number of amides is 5. The van der Waals surface area contributed by atoms with Crippen LogP contribution in [0.2, 0.25) is 0 Å². The monoisotopic (exact) mass is 1670 g/mol. The number of anilines is 5. The highest BCUT2D eigenvalue weighted by molar-refractivity contribution is 5.92. The van der Waals surface area contributed by atoms with Gasteiger partial charge in [-0.3, -0.25) is 24.0 Å². The molecule has 10 atom stereocenters. The maximum Gasteiger partial charge on any atom is 0.302 e. The van der Waals surface area contributed by atoms with E-state index in [1.807, 2.05) is 0 Å². The molecule has 5 amide bonds. The fourth-order valence-corrected chi connectivity index (χ4v) is 13.8. The van der Waals surface area contributed by atoms with Crippen LogP contribution < -0.4 is 24.5 Å². The van der Waals surface area contributed by atoms with Crippen molar-refractivity contribution in [2.75, 3.05) is 158 Å². The van der Waals surface area contributed by atoms with Crippen LogP contribution in [0.5, 0.6) is 0 Å². The lowest BCUT2D eigenvalue weighted by Crippen LogP contribution is -2.53. The lowest BCUT2D eigenvalue weighted by molar-refractivity contribution is -0.131. The second-order valence-electron chi connectivity index (χ2n) is 28.1. The van der Waals surface area contributed by atoms with Crippen molar-refractivity contribution in [3.8, 4) is 0 Å². The third-order valence-electron chi connectivity index (χ3n) is 20.0. The van der Waals surface area contributed by atoms with E-state index >= 15 is 0 Å². The summed E-state index contributed by atoms with van der Waals surface area (Å²) in [7, 11) is 1.44. The van der Waals surface area contributed by atoms with Crippen LogP contribution in [-0.2, 0) is 24.0 Å². The number of rotatable bonds is 15. The maximum atomic E-state index is 12.4. The van der Waals surface area contributed by atoms with Crippen LogP contribution in [0.15, 0.2) is 61.8 Å². The van der Waals surface area contributed by atoms with E-state index in [0.717, 1.165) is 44.9 Å². The molecule has 5 aliphatic rings. The van der Waals surface area contributed by atoms with Crippen molar-refractivity contribution in [1.29, 1.82) is 0 Å². The molecule has 35 heteroatoms. The zero-order valence-electron chi connectivity index (χ0n) is 104. The first-order valence-electron chi connectivity index (χ1n) is 56.2. The van der Waals surface area contributed by atoms with Crippen molar-refractivity contribution in [2.24, 2.45) is 29.5 Å². The van der Waals surface area contributed by atoms with Crippen LogP contribution in [0.3, 0.4) is 0 Å². The van der Waals surface area contributed by atoms with E-state index in [9.17, 15) is 26.7 Å². The fraction of sp³-hybridized carbons (Fsp3) is 0.529. The Labute approximate surface area is 753 Å². The van der Waals surface area contributed by atoms with Gasteiger partial charge in [-0.25, -0.2) is 82.7 Å². The number of aryl methyl sites for hydroxylation is 5. The third kappa shape index (κ3) is 20.2. The smallest absolute Gasteiger partial charge is 0.302 e. The normalized spacial score (nSPS) is 30.1. The van der Waals surface area contributed by atoms with Crippen LogP contribution in [0.25, 0.3) is 79.4 Å². The van der Waals surface area contributed by atoms with Gasteiger partial charge in [0.2, 0.25) is 0 Å². The van der Waals surface area contributed by atoms with Crippen LogP contribution in [-0.4, -0.2) is 292 Å². The highest BCUT2D eigenvalue weighted by atomic mass is 16.2. The SMILES string of the molecule is [2H]c1c(C)[nH]c2ncnc(N(C([2H])([2H])[2H])[C@@]3([2H])CN(C(=O)C[N+]#[C-])CC[C@@]3([2H])C([2H])([2H])[2H])c12.[2H]c1c(C)[nH]c2ncnc(N(C([2H])([2H])[2H])[C@@]3([2H])CN(C(=O)C[N+]#[C-])CC[C@H]3C([2H])([2H])[2H])c12.[2H]c1c(C)[nH]c2ncnc(N(C)[C@@]3([2H])CN(C(=O)C[N+]#[C-])CC[C@@]3([2H])C([2H])([2H])[2H])c12.[2H]c1c(C)[nH]c2ncnc(N([C@H]3CN(C(=O)C[N+]#[C-])CC[C@@]3([2H])C([2H])([2H])[2H])C([2H])([2H])[2H])c12.[2H]c1c(C)[nH]c2ncnc(N([C@H]3CN(C(=O)C[N+]#[C-])CC[C@H]3C([2H])([2H])[2H])C([2H])([2H])[2H])c12. The highest BCUT2D eigenvalue weighted by Crippen LogP contribution is 2.36. The first-order valence-corrected chi connectivity index (χ1v) is 37.2. The molecule has 15 heterocycles. The minimum absolute atomic E-state index is 0.0149. The molecule has 0 aromatic carbocycles. The Morgan fingerprint density at radius 1 is 0.367 bits per heavy atom. The Morgan fingerprint density at radius 3 is 0.958 bits per heavy atom. The van der Waals surface area contributed by atoms with Gasteiger partial charge in [0.05, 0.1) is 68.0 Å². The van der Waals surface area contributed by atoms with E-state index < -0.39 is 216 Å². The lowest BCUT2D eigenvalue weighted by Gasteiger charge is -2.41. The summed E-state index contributed by atoms with van der Waals surface area (Å²) >= 11 is 0. The van der Waals surface area contributed by atoms with E-state index in [1.54, 1.807) is 34.6 Å². The van der Waals surface area contributed by atoms with Gasteiger partial charge in [-0.05, 0) is 126 Å². The summed E-state index contributed by atoms with van der Waals surface area (Å²) in [5.41, 5.74) is 3.28. The minimum Gasteiger partial charge on any atom is -0.354 e.